The summed E-state index contributed by atoms with van der Waals surface area (Å²) < 4.78 is 38.6. The van der Waals surface area contributed by atoms with Crippen LogP contribution >= 0.6 is 0 Å². The molecule has 3 aromatic carbocycles. The third kappa shape index (κ3) is 5.98. The maximum absolute atomic E-state index is 14.7. The number of rotatable bonds is 8. The second-order valence-corrected chi connectivity index (χ2v) is 8.26. The fraction of sp³-hybridized carbons (Fsp3) is 0.259. The van der Waals surface area contributed by atoms with Gasteiger partial charge in [0, 0.05) is 12.1 Å². The molecular formula is C27H25F2NO6. The summed E-state index contributed by atoms with van der Waals surface area (Å²) in [5, 5.41) is 10.5. The van der Waals surface area contributed by atoms with E-state index in [1.54, 1.807) is 24.3 Å². The molecule has 0 unspecified atom stereocenters. The first-order chi connectivity index (χ1) is 17.3. The highest BCUT2D eigenvalue weighted by Crippen LogP contribution is 2.38. The van der Waals surface area contributed by atoms with Crippen LogP contribution in [0.15, 0.2) is 54.6 Å². The zero-order valence-corrected chi connectivity index (χ0v) is 19.6. The summed E-state index contributed by atoms with van der Waals surface area (Å²) in [4.78, 5) is 28.7. The summed E-state index contributed by atoms with van der Waals surface area (Å²) in [6.45, 7) is 2.50. The van der Waals surface area contributed by atoms with Crippen molar-refractivity contribution in [2.45, 2.75) is 32.9 Å². The highest BCUT2D eigenvalue weighted by atomic mass is 19.1. The summed E-state index contributed by atoms with van der Waals surface area (Å²) in [7, 11) is 0. The van der Waals surface area contributed by atoms with Crippen LogP contribution in [0.4, 0.5) is 13.6 Å². The van der Waals surface area contributed by atoms with Crippen LogP contribution in [0.3, 0.4) is 0 Å². The van der Waals surface area contributed by atoms with Crippen LogP contribution in [0.1, 0.15) is 29.2 Å². The minimum atomic E-state index is -0.955. The molecule has 4 rings (SSSR count). The molecule has 36 heavy (non-hydrogen) atoms. The lowest BCUT2D eigenvalue weighted by Crippen LogP contribution is -2.34. The van der Waals surface area contributed by atoms with Gasteiger partial charge in [-0.1, -0.05) is 30.3 Å². The van der Waals surface area contributed by atoms with Crippen LogP contribution in [-0.2, 0) is 40.4 Å². The van der Waals surface area contributed by atoms with Crippen molar-refractivity contribution in [2.24, 2.45) is 0 Å². The van der Waals surface area contributed by atoms with Crippen molar-refractivity contribution in [2.75, 3.05) is 13.2 Å². The molecule has 1 N–H and O–H groups in total. The molecule has 1 heterocycles. The minimum Gasteiger partial charge on any atom is -0.493 e. The van der Waals surface area contributed by atoms with E-state index < -0.39 is 12.1 Å². The Labute approximate surface area is 206 Å². The number of carboxylic acids is 1. The van der Waals surface area contributed by atoms with Gasteiger partial charge in [-0.25, -0.2) is 13.6 Å². The summed E-state index contributed by atoms with van der Waals surface area (Å²) in [6.07, 6.45) is -0.765. The number of hydrogen-bond donors (Lipinski definition) is 1. The molecule has 7 nitrogen and oxygen atoms in total. The average Bonchev–Trinajstić information content (AvgIpc) is 2.84. The van der Waals surface area contributed by atoms with Crippen LogP contribution in [0.5, 0.6) is 5.75 Å². The molecule has 0 fully saturated rings. The number of halogens is 2. The number of nitrogens with zero attached hydrogens (tertiary/aromatic N) is 1. The standard InChI is InChI=1S/C27H25F2NO6/c1-2-34-25-13-18(14-26(31)32)5-8-22(25)20-9-10-24(29)21-11-12-30(15-23(20)21)36-27(33)35-16-17-3-6-19(28)7-4-17/h3-10,13H,2,11-12,14-16H2,1H3,(H,31,32). The van der Waals surface area contributed by atoms with E-state index in [1.165, 1.54) is 35.4 Å². The monoisotopic (exact) mass is 497 g/mol. The van der Waals surface area contributed by atoms with E-state index in [0.717, 1.165) is 0 Å². The van der Waals surface area contributed by atoms with Crippen molar-refractivity contribution in [3.63, 3.8) is 0 Å². The number of ether oxygens (including phenoxy) is 2. The van der Waals surface area contributed by atoms with Gasteiger partial charge >= 0.3 is 12.1 Å². The SMILES string of the molecule is CCOc1cc(CC(=O)O)ccc1-c1ccc(F)c2c1CN(OC(=O)OCc1ccc(F)cc1)CC2. The number of carboxylic acid groups (broad SMARTS) is 1. The Kier molecular flexibility index (Phi) is 7.80. The summed E-state index contributed by atoms with van der Waals surface area (Å²) in [6, 6.07) is 13.7. The van der Waals surface area contributed by atoms with Crippen molar-refractivity contribution in [1.82, 2.24) is 5.06 Å². The topological polar surface area (TPSA) is 85.3 Å². The number of aliphatic carboxylic acids is 1. The minimum absolute atomic E-state index is 0.0795. The molecule has 0 bridgehead atoms. The molecule has 0 spiro atoms. The zero-order chi connectivity index (χ0) is 25.7. The summed E-state index contributed by atoms with van der Waals surface area (Å²) in [5.41, 5.74) is 3.73. The van der Waals surface area contributed by atoms with E-state index in [-0.39, 0.29) is 37.8 Å². The summed E-state index contributed by atoms with van der Waals surface area (Å²) >= 11 is 0. The fourth-order valence-corrected chi connectivity index (χ4v) is 4.14. The third-order valence-corrected chi connectivity index (χ3v) is 5.78. The Hall–Kier alpha value is -3.98. The molecule has 0 radical (unpaired) electrons. The van der Waals surface area contributed by atoms with E-state index in [1.807, 2.05) is 6.92 Å². The lowest BCUT2D eigenvalue weighted by atomic mass is 9.90. The fourth-order valence-electron chi connectivity index (χ4n) is 4.14. The van der Waals surface area contributed by atoms with Crippen LogP contribution < -0.4 is 4.74 Å². The molecule has 0 aliphatic carbocycles. The van der Waals surface area contributed by atoms with E-state index in [0.29, 0.717) is 52.2 Å². The van der Waals surface area contributed by atoms with Crippen molar-refractivity contribution in [3.8, 4) is 16.9 Å². The second-order valence-electron chi connectivity index (χ2n) is 8.26. The van der Waals surface area contributed by atoms with Crippen molar-refractivity contribution in [1.29, 1.82) is 0 Å². The molecule has 0 atom stereocenters. The Bertz CT molecular complexity index is 1260. The van der Waals surface area contributed by atoms with Gasteiger partial charge in [-0.2, -0.15) is 0 Å². The first-order valence-electron chi connectivity index (χ1n) is 11.5. The first-order valence-corrected chi connectivity index (χ1v) is 11.5. The van der Waals surface area contributed by atoms with Crippen LogP contribution in [0.2, 0.25) is 0 Å². The molecular weight excluding hydrogens is 472 g/mol. The quantitative estimate of drug-likeness (QED) is 0.424. The van der Waals surface area contributed by atoms with Gasteiger partial charge in [0.05, 0.1) is 19.6 Å². The van der Waals surface area contributed by atoms with E-state index in [9.17, 15) is 18.4 Å². The second kappa shape index (κ2) is 11.2. The predicted octanol–water partition coefficient (Wildman–Crippen LogP) is 5.28. The van der Waals surface area contributed by atoms with Gasteiger partial charge in [-0.15, -0.1) is 5.06 Å². The van der Waals surface area contributed by atoms with Gasteiger partial charge in [-0.05, 0) is 65.4 Å². The third-order valence-electron chi connectivity index (χ3n) is 5.78. The molecule has 1 aliphatic heterocycles. The van der Waals surface area contributed by atoms with Crippen LogP contribution in [-0.4, -0.2) is 35.4 Å². The van der Waals surface area contributed by atoms with Gasteiger partial charge in [0.2, 0.25) is 0 Å². The highest BCUT2D eigenvalue weighted by molar-refractivity contribution is 5.77. The lowest BCUT2D eigenvalue weighted by Gasteiger charge is -2.29. The molecule has 3 aromatic rings. The number of hydrogen-bond acceptors (Lipinski definition) is 6. The average molecular weight is 497 g/mol. The molecule has 0 aromatic heterocycles. The number of carbonyl (C=O) groups is 2. The van der Waals surface area contributed by atoms with Crippen LogP contribution in [0.25, 0.3) is 11.1 Å². The zero-order valence-electron chi connectivity index (χ0n) is 19.6. The Morgan fingerprint density at radius 3 is 2.42 bits per heavy atom. The number of carbonyl (C=O) groups excluding carboxylic acids is 1. The lowest BCUT2D eigenvalue weighted by molar-refractivity contribution is -0.139. The van der Waals surface area contributed by atoms with Crippen molar-refractivity contribution in [3.05, 3.63) is 88.5 Å². The molecule has 0 amide bonds. The Morgan fingerprint density at radius 1 is 0.972 bits per heavy atom. The normalized spacial score (nSPS) is 13.1. The number of fused-ring (bicyclic) bond motifs is 1. The Balaban J connectivity index is 1.54. The smallest absolute Gasteiger partial charge is 0.493 e. The van der Waals surface area contributed by atoms with E-state index >= 15 is 0 Å². The van der Waals surface area contributed by atoms with E-state index in [4.69, 9.17) is 19.4 Å². The number of hydroxylamine groups is 2. The first kappa shape index (κ1) is 25.1. The molecule has 0 saturated carbocycles. The summed E-state index contributed by atoms with van der Waals surface area (Å²) in [5.74, 6) is -1.21. The highest BCUT2D eigenvalue weighted by Gasteiger charge is 2.26. The van der Waals surface area contributed by atoms with E-state index in [2.05, 4.69) is 0 Å². The molecule has 1 aliphatic rings. The van der Waals surface area contributed by atoms with Gasteiger partial charge in [0.1, 0.15) is 24.0 Å². The number of benzene rings is 3. The van der Waals surface area contributed by atoms with Gasteiger partial charge < -0.3 is 19.4 Å². The van der Waals surface area contributed by atoms with Crippen LogP contribution in [0, 0.1) is 11.6 Å². The molecule has 9 heteroatoms. The van der Waals surface area contributed by atoms with Gasteiger partial charge in [0.25, 0.3) is 0 Å². The van der Waals surface area contributed by atoms with Crippen molar-refractivity contribution < 1.29 is 37.8 Å². The largest absolute Gasteiger partial charge is 0.528 e. The van der Waals surface area contributed by atoms with Gasteiger partial charge in [0.15, 0.2) is 0 Å². The van der Waals surface area contributed by atoms with Gasteiger partial charge in [-0.3, -0.25) is 4.79 Å². The van der Waals surface area contributed by atoms with Crippen molar-refractivity contribution >= 4 is 12.1 Å². The maximum Gasteiger partial charge on any atom is 0.528 e. The molecule has 188 valence electrons. The predicted molar refractivity (Wildman–Crippen MR) is 126 cm³/mol. The maximum atomic E-state index is 14.7. The Morgan fingerprint density at radius 2 is 1.69 bits per heavy atom. The molecule has 0 saturated heterocycles.